The number of aliphatic hydroxyl groups is 1. The molecule has 0 bridgehead atoms. The number of imidazole rings is 1. The van der Waals surface area contributed by atoms with Gasteiger partial charge in [0.1, 0.15) is 35.8 Å². The SMILES string of the molecule is CC1(C)OC2C(CO)OC(n3cnc4c(-c5ccccc5-c5cccc(Br)c5)ncnc43)C2O1. The van der Waals surface area contributed by atoms with Gasteiger partial charge in [-0.1, -0.05) is 52.3 Å². The van der Waals surface area contributed by atoms with Gasteiger partial charge in [-0.2, -0.15) is 0 Å². The zero-order chi connectivity index (χ0) is 23.4. The molecule has 4 heterocycles. The number of hydrogen-bond acceptors (Lipinski definition) is 7. The van der Waals surface area contributed by atoms with Crippen molar-refractivity contribution in [3.05, 3.63) is 65.7 Å². The Kier molecular flexibility index (Phi) is 5.27. The van der Waals surface area contributed by atoms with Gasteiger partial charge in [-0.05, 0) is 37.1 Å². The highest BCUT2D eigenvalue weighted by Crippen LogP contribution is 2.44. The monoisotopic (exact) mass is 522 g/mol. The van der Waals surface area contributed by atoms with Crippen molar-refractivity contribution in [2.45, 2.75) is 44.2 Å². The summed E-state index contributed by atoms with van der Waals surface area (Å²) in [6, 6.07) is 16.3. The van der Waals surface area contributed by atoms with Gasteiger partial charge in [-0.15, -0.1) is 0 Å². The highest BCUT2D eigenvalue weighted by Gasteiger charge is 2.56. The molecule has 2 aromatic heterocycles. The second-order valence-electron chi connectivity index (χ2n) is 8.91. The van der Waals surface area contributed by atoms with Crippen LogP contribution >= 0.6 is 15.9 Å². The molecular weight excluding hydrogens is 500 g/mol. The van der Waals surface area contributed by atoms with Crippen LogP contribution in [0, 0.1) is 0 Å². The molecule has 0 saturated carbocycles. The minimum absolute atomic E-state index is 0.163. The van der Waals surface area contributed by atoms with Gasteiger partial charge >= 0.3 is 0 Å². The van der Waals surface area contributed by atoms with E-state index in [0.717, 1.165) is 26.9 Å². The summed E-state index contributed by atoms with van der Waals surface area (Å²) in [5.41, 5.74) is 5.10. The van der Waals surface area contributed by atoms with Gasteiger partial charge in [0.15, 0.2) is 17.7 Å². The average molecular weight is 523 g/mol. The minimum Gasteiger partial charge on any atom is -0.394 e. The molecule has 2 fully saturated rings. The third kappa shape index (κ3) is 3.55. The molecule has 6 rings (SSSR count). The molecule has 0 amide bonds. The third-order valence-electron chi connectivity index (χ3n) is 6.26. The van der Waals surface area contributed by atoms with Crippen molar-refractivity contribution < 1.29 is 19.3 Å². The number of halogens is 1. The first-order valence-corrected chi connectivity index (χ1v) is 11.9. The number of nitrogens with zero attached hydrogens (tertiary/aromatic N) is 4. The van der Waals surface area contributed by atoms with Crippen LogP contribution in [-0.4, -0.2) is 55.3 Å². The highest BCUT2D eigenvalue weighted by atomic mass is 79.9. The van der Waals surface area contributed by atoms with E-state index < -0.39 is 24.2 Å². The van der Waals surface area contributed by atoms with Crippen molar-refractivity contribution in [1.82, 2.24) is 19.5 Å². The molecule has 8 nitrogen and oxygen atoms in total. The number of rotatable bonds is 4. The van der Waals surface area contributed by atoms with Crippen molar-refractivity contribution in [2.24, 2.45) is 0 Å². The standard InChI is InChI=1S/C25H23BrN4O4/c1-25(2)33-21-18(11-31)32-24(22(21)34-25)30-13-29-20-19(27-12-28-23(20)30)17-9-4-3-8-16(17)14-6-5-7-15(26)10-14/h3-10,12-13,18,21-22,24,31H,11H2,1-2H3. The Bertz CT molecular complexity index is 1370. The van der Waals surface area contributed by atoms with Crippen LogP contribution < -0.4 is 0 Å². The molecule has 0 aliphatic carbocycles. The fourth-order valence-electron chi connectivity index (χ4n) is 4.86. The van der Waals surface area contributed by atoms with E-state index in [1.807, 2.05) is 48.7 Å². The Labute approximate surface area is 204 Å². The van der Waals surface area contributed by atoms with Crippen molar-refractivity contribution in [3.8, 4) is 22.4 Å². The molecule has 34 heavy (non-hydrogen) atoms. The average Bonchev–Trinajstić information content (AvgIpc) is 3.49. The summed E-state index contributed by atoms with van der Waals surface area (Å²) in [6.45, 7) is 3.56. The van der Waals surface area contributed by atoms with Crippen LogP contribution in [0.4, 0.5) is 0 Å². The number of benzene rings is 2. The van der Waals surface area contributed by atoms with Crippen LogP contribution in [0.1, 0.15) is 20.1 Å². The van der Waals surface area contributed by atoms with Crippen LogP contribution in [0.5, 0.6) is 0 Å². The summed E-state index contributed by atoms with van der Waals surface area (Å²) in [4.78, 5) is 13.8. The molecule has 9 heteroatoms. The predicted octanol–water partition coefficient (Wildman–Crippen LogP) is 4.33. The maximum Gasteiger partial charge on any atom is 0.166 e. The van der Waals surface area contributed by atoms with Crippen LogP contribution in [0.25, 0.3) is 33.5 Å². The van der Waals surface area contributed by atoms with Crippen molar-refractivity contribution in [3.63, 3.8) is 0 Å². The van der Waals surface area contributed by atoms with Crippen LogP contribution in [0.2, 0.25) is 0 Å². The number of ether oxygens (including phenoxy) is 3. The van der Waals surface area contributed by atoms with E-state index in [-0.39, 0.29) is 12.7 Å². The quantitative estimate of drug-likeness (QED) is 0.426. The lowest BCUT2D eigenvalue weighted by molar-refractivity contribution is -0.199. The van der Waals surface area contributed by atoms with Crippen molar-refractivity contribution in [2.75, 3.05) is 6.61 Å². The van der Waals surface area contributed by atoms with Crippen LogP contribution in [0.15, 0.2) is 65.7 Å². The lowest BCUT2D eigenvalue weighted by atomic mass is 9.97. The second-order valence-corrected chi connectivity index (χ2v) is 9.83. The molecule has 2 saturated heterocycles. The summed E-state index contributed by atoms with van der Waals surface area (Å²) in [6.07, 6.45) is 1.45. The summed E-state index contributed by atoms with van der Waals surface area (Å²) >= 11 is 3.57. The molecule has 0 spiro atoms. The first-order valence-electron chi connectivity index (χ1n) is 11.1. The zero-order valence-corrected chi connectivity index (χ0v) is 20.2. The van der Waals surface area contributed by atoms with Crippen LogP contribution in [0.3, 0.4) is 0 Å². The first kappa shape index (κ1) is 21.8. The maximum absolute atomic E-state index is 9.85. The Morgan fingerprint density at radius 1 is 1.00 bits per heavy atom. The summed E-state index contributed by atoms with van der Waals surface area (Å²) < 4.78 is 21.1. The molecule has 2 aliphatic rings. The minimum atomic E-state index is -0.760. The molecule has 0 radical (unpaired) electrons. The van der Waals surface area contributed by atoms with Crippen LogP contribution in [-0.2, 0) is 14.2 Å². The molecule has 174 valence electrons. The van der Waals surface area contributed by atoms with E-state index in [2.05, 4.69) is 49.1 Å². The van der Waals surface area contributed by atoms with Gasteiger partial charge in [0, 0.05) is 10.0 Å². The third-order valence-corrected chi connectivity index (χ3v) is 6.75. The Morgan fingerprint density at radius 2 is 1.79 bits per heavy atom. The van der Waals surface area contributed by atoms with E-state index in [4.69, 9.17) is 14.2 Å². The van der Waals surface area contributed by atoms with Gasteiger partial charge in [-0.25, -0.2) is 15.0 Å². The van der Waals surface area contributed by atoms with Crippen molar-refractivity contribution in [1.29, 1.82) is 0 Å². The number of hydrogen-bond donors (Lipinski definition) is 1. The van der Waals surface area contributed by atoms with Crippen molar-refractivity contribution >= 4 is 27.1 Å². The zero-order valence-electron chi connectivity index (χ0n) is 18.6. The normalized spacial score (nSPS) is 25.6. The number of aromatic nitrogens is 4. The van der Waals surface area contributed by atoms with E-state index in [0.29, 0.717) is 11.2 Å². The Balaban J connectivity index is 1.45. The molecule has 4 aromatic rings. The summed E-state index contributed by atoms with van der Waals surface area (Å²) in [5, 5.41) is 9.85. The summed E-state index contributed by atoms with van der Waals surface area (Å²) in [5.74, 6) is -0.760. The molecule has 2 aromatic carbocycles. The van der Waals surface area contributed by atoms with Gasteiger partial charge in [0.25, 0.3) is 0 Å². The maximum atomic E-state index is 9.85. The van der Waals surface area contributed by atoms with Gasteiger partial charge < -0.3 is 19.3 Å². The Hall–Kier alpha value is -2.69. The topological polar surface area (TPSA) is 91.5 Å². The van der Waals surface area contributed by atoms with E-state index in [9.17, 15) is 5.11 Å². The molecule has 2 aliphatic heterocycles. The lowest BCUT2D eigenvalue weighted by Gasteiger charge is -2.24. The largest absolute Gasteiger partial charge is 0.394 e. The van der Waals surface area contributed by atoms with Gasteiger partial charge in [0.05, 0.1) is 12.9 Å². The lowest BCUT2D eigenvalue weighted by Crippen LogP contribution is -2.31. The molecule has 4 atom stereocenters. The predicted molar refractivity (Wildman–Crippen MR) is 129 cm³/mol. The molecule has 4 unspecified atom stereocenters. The van der Waals surface area contributed by atoms with Gasteiger partial charge in [-0.3, -0.25) is 4.57 Å². The molecule has 1 N–H and O–H groups in total. The number of fused-ring (bicyclic) bond motifs is 2. The van der Waals surface area contributed by atoms with E-state index in [1.165, 1.54) is 0 Å². The Morgan fingerprint density at radius 3 is 2.59 bits per heavy atom. The van der Waals surface area contributed by atoms with E-state index in [1.54, 1.807) is 12.7 Å². The second kappa shape index (κ2) is 8.21. The van der Waals surface area contributed by atoms with Gasteiger partial charge in [0.2, 0.25) is 0 Å². The molecular formula is C25H23BrN4O4. The summed E-state index contributed by atoms with van der Waals surface area (Å²) in [7, 11) is 0. The number of aliphatic hydroxyl groups excluding tert-OH is 1. The highest BCUT2D eigenvalue weighted by molar-refractivity contribution is 9.10. The smallest absolute Gasteiger partial charge is 0.166 e. The first-order chi connectivity index (χ1) is 16.4. The fourth-order valence-corrected chi connectivity index (χ4v) is 5.26. The fraction of sp³-hybridized carbons (Fsp3) is 0.320. The van der Waals surface area contributed by atoms with E-state index >= 15 is 0 Å².